The van der Waals surface area contributed by atoms with Gasteiger partial charge in [-0.2, -0.15) is 0 Å². The highest BCUT2D eigenvalue weighted by molar-refractivity contribution is 5.92. The second-order valence-electron chi connectivity index (χ2n) is 4.49. The third-order valence-corrected chi connectivity index (χ3v) is 3.19. The Hall–Kier alpha value is -1.21. The minimum atomic E-state index is -0.241. The summed E-state index contributed by atoms with van der Waals surface area (Å²) in [6, 6.07) is 5.26. The fourth-order valence-electron chi connectivity index (χ4n) is 1.90. The van der Waals surface area contributed by atoms with Crippen LogP contribution in [0.25, 0.3) is 0 Å². The minimum Gasteiger partial charge on any atom is -0.493 e. The van der Waals surface area contributed by atoms with Crippen molar-refractivity contribution in [1.29, 1.82) is 0 Å². The Balaban J connectivity index is 0. The second-order valence-corrected chi connectivity index (χ2v) is 4.49. The molecule has 1 amide bonds. The quantitative estimate of drug-likeness (QED) is 0.699. The Morgan fingerprint density at radius 1 is 1.22 bits per heavy atom. The van der Waals surface area contributed by atoms with Gasteiger partial charge in [-0.1, -0.05) is 13.8 Å². The van der Waals surface area contributed by atoms with E-state index in [-0.39, 0.29) is 37.3 Å². The van der Waals surface area contributed by atoms with Crippen molar-refractivity contribution in [2.45, 2.75) is 13.8 Å². The van der Waals surface area contributed by atoms with E-state index in [1.807, 2.05) is 0 Å². The van der Waals surface area contributed by atoms with E-state index < -0.39 is 0 Å². The van der Waals surface area contributed by atoms with Crippen LogP contribution in [0.4, 0.5) is 5.69 Å². The van der Waals surface area contributed by atoms with E-state index in [1.54, 1.807) is 25.3 Å². The van der Waals surface area contributed by atoms with Gasteiger partial charge >= 0.3 is 0 Å². The van der Waals surface area contributed by atoms with Crippen LogP contribution in [-0.2, 0) is 4.79 Å². The standard InChI is InChI=1S/C15H25N3O3.2ClH/c1-4-18(5-2)8-9-21-14-10-12(17-15(19)11-16)6-7-13(14)20-3;;/h6-7,10H,4-5,8-9,11,16H2,1-3H3,(H,17,19);2*1H. The topological polar surface area (TPSA) is 76.8 Å². The number of carbonyl (C=O) groups is 1. The predicted molar refractivity (Wildman–Crippen MR) is 98.5 cm³/mol. The van der Waals surface area contributed by atoms with Crippen molar-refractivity contribution < 1.29 is 14.3 Å². The first-order valence-corrected chi connectivity index (χ1v) is 7.17. The maximum Gasteiger partial charge on any atom is 0.238 e. The molecule has 1 aromatic carbocycles. The largest absolute Gasteiger partial charge is 0.493 e. The zero-order valence-corrected chi connectivity index (χ0v) is 15.5. The van der Waals surface area contributed by atoms with E-state index >= 15 is 0 Å². The first kappa shape index (κ1) is 24.0. The molecule has 0 aromatic heterocycles. The number of nitrogens with zero attached hydrogens (tertiary/aromatic N) is 1. The third kappa shape index (κ3) is 8.27. The molecule has 1 rings (SSSR count). The van der Waals surface area contributed by atoms with Gasteiger partial charge in [0.1, 0.15) is 6.61 Å². The Morgan fingerprint density at radius 2 is 1.87 bits per heavy atom. The normalized spacial score (nSPS) is 9.61. The lowest BCUT2D eigenvalue weighted by Crippen LogP contribution is -2.28. The van der Waals surface area contributed by atoms with E-state index in [9.17, 15) is 4.79 Å². The summed E-state index contributed by atoms with van der Waals surface area (Å²) in [5.74, 6) is 1.01. The van der Waals surface area contributed by atoms with Crippen LogP contribution >= 0.6 is 24.8 Å². The molecule has 0 radical (unpaired) electrons. The van der Waals surface area contributed by atoms with Crippen molar-refractivity contribution >= 4 is 36.4 Å². The summed E-state index contributed by atoms with van der Waals surface area (Å²) in [5, 5.41) is 2.69. The number of carbonyl (C=O) groups excluding carboxylic acids is 1. The summed E-state index contributed by atoms with van der Waals surface area (Å²) in [6.07, 6.45) is 0. The number of methoxy groups -OCH3 is 1. The van der Waals surface area contributed by atoms with Crippen LogP contribution in [0.2, 0.25) is 0 Å². The number of anilines is 1. The van der Waals surface area contributed by atoms with Crippen molar-refractivity contribution in [3.63, 3.8) is 0 Å². The van der Waals surface area contributed by atoms with E-state index in [1.165, 1.54) is 0 Å². The summed E-state index contributed by atoms with van der Waals surface area (Å²) in [6.45, 7) is 7.57. The molecule has 0 fully saturated rings. The highest BCUT2D eigenvalue weighted by Crippen LogP contribution is 2.30. The molecule has 3 N–H and O–H groups in total. The molecule has 0 spiro atoms. The summed E-state index contributed by atoms with van der Waals surface area (Å²) >= 11 is 0. The SMILES string of the molecule is CCN(CC)CCOc1cc(NC(=O)CN)ccc1OC.Cl.Cl. The molecule has 0 aliphatic heterocycles. The molecular formula is C15H27Cl2N3O3. The van der Waals surface area contributed by atoms with Gasteiger partial charge in [0.2, 0.25) is 5.91 Å². The molecule has 8 heteroatoms. The highest BCUT2D eigenvalue weighted by atomic mass is 35.5. The van der Waals surface area contributed by atoms with E-state index in [2.05, 4.69) is 24.1 Å². The van der Waals surface area contributed by atoms with E-state index in [4.69, 9.17) is 15.2 Å². The number of nitrogens with two attached hydrogens (primary N) is 1. The van der Waals surface area contributed by atoms with Crippen molar-refractivity contribution in [1.82, 2.24) is 4.90 Å². The molecule has 0 heterocycles. The van der Waals surface area contributed by atoms with Gasteiger partial charge in [0.25, 0.3) is 0 Å². The van der Waals surface area contributed by atoms with Gasteiger partial charge in [0.15, 0.2) is 11.5 Å². The van der Waals surface area contributed by atoms with Gasteiger partial charge in [-0.3, -0.25) is 4.79 Å². The molecule has 23 heavy (non-hydrogen) atoms. The molecule has 0 saturated carbocycles. The average Bonchev–Trinajstić information content (AvgIpc) is 2.51. The molecule has 0 unspecified atom stereocenters. The first-order chi connectivity index (χ1) is 10.1. The van der Waals surface area contributed by atoms with Gasteiger partial charge in [0, 0.05) is 18.3 Å². The minimum absolute atomic E-state index is 0. The summed E-state index contributed by atoms with van der Waals surface area (Å²) in [5.41, 5.74) is 5.93. The number of nitrogens with one attached hydrogen (secondary N) is 1. The van der Waals surface area contributed by atoms with Gasteiger partial charge in [0.05, 0.1) is 13.7 Å². The first-order valence-electron chi connectivity index (χ1n) is 7.17. The Morgan fingerprint density at radius 3 is 2.39 bits per heavy atom. The number of hydrogen-bond donors (Lipinski definition) is 2. The van der Waals surface area contributed by atoms with Crippen molar-refractivity contribution in [2.75, 3.05) is 45.2 Å². The summed E-state index contributed by atoms with van der Waals surface area (Å²) in [4.78, 5) is 13.6. The number of ether oxygens (including phenoxy) is 2. The van der Waals surface area contributed by atoms with E-state index in [0.29, 0.717) is 23.8 Å². The third-order valence-electron chi connectivity index (χ3n) is 3.19. The average molecular weight is 368 g/mol. The molecular weight excluding hydrogens is 341 g/mol. The second kappa shape index (κ2) is 13.2. The Labute approximate surface area is 150 Å². The number of likely N-dealkylation sites (N-methyl/N-ethyl adjacent to an activating group) is 1. The van der Waals surface area contributed by atoms with Gasteiger partial charge < -0.3 is 25.4 Å². The molecule has 0 aliphatic carbocycles. The van der Waals surface area contributed by atoms with Gasteiger partial charge in [-0.15, -0.1) is 24.8 Å². The van der Waals surface area contributed by atoms with Crippen LogP contribution in [0, 0.1) is 0 Å². The molecule has 0 saturated heterocycles. The van der Waals surface area contributed by atoms with Crippen molar-refractivity contribution in [3.05, 3.63) is 18.2 Å². The van der Waals surface area contributed by atoms with Crippen LogP contribution in [0.5, 0.6) is 11.5 Å². The number of halogens is 2. The van der Waals surface area contributed by atoms with Crippen LogP contribution in [0.1, 0.15) is 13.8 Å². The maximum atomic E-state index is 11.3. The van der Waals surface area contributed by atoms with Crippen LogP contribution < -0.4 is 20.5 Å². The Bertz CT molecular complexity index is 458. The summed E-state index contributed by atoms with van der Waals surface area (Å²) in [7, 11) is 1.59. The molecule has 6 nitrogen and oxygen atoms in total. The van der Waals surface area contributed by atoms with Gasteiger partial charge in [-0.05, 0) is 25.2 Å². The molecule has 0 bridgehead atoms. The lowest BCUT2D eigenvalue weighted by Gasteiger charge is -2.19. The lowest BCUT2D eigenvalue weighted by molar-refractivity contribution is -0.114. The fourth-order valence-corrected chi connectivity index (χ4v) is 1.90. The van der Waals surface area contributed by atoms with Crippen LogP contribution in [0.3, 0.4) is 0 Å². The molecule has 1 aromatic rings. The smallest absolute Gasteiger partial charge is 0.238 e. The zero-order valence-electron chi connectivity index (χ0n) is 13.8. The lowest BCUT2D eigenvalue weighted by atomic mass is 10.2. The fraction of sp³-hybridized carbons (Fsp3) is 0.533. The predicted octanol–water partition coefficient (Wildman–Crippen LogP) is 2.16. The number of benzene rings is 1. The number of amides is 1. The number of rotatable bonds is 9. The molecule has 0 atom stereocenters. The van der Waals surface area contributed by atoms with Crippen LogP contribution in [-0.4, -0.2) is 50.7 Å². The summed E-state index contributed by atoms with van der Waals surface area (Å²) < 4.78 is 11.0. The molecule has 0 aliphatic rings. The van der Waals surface area contributed by atoms with Crippen LogP contribution in [0.15, 0.2) is 18.2 Å². The Kier molecular flexibility index (Phi) is 13.9. The van der Waals surface area contributed by atoms with Crippen molar-refractivity contribution in [2.24, 2.45) is 5.73 Å². The maximum absolute atomic E-state index is 11.3. The van der Waals surface area contributed by atoms with E-state index in [0.717, 1.165) is 19.6 Å². The highest BCUT2D eigenvalue weighted by Gasteiger charge is 2.08. The molecule has 134 valence electrons. The van der Waals surface area contributed by atoms with Crippen molar-refractivity contribution in [3.8, 4) is 11.5 Å². The zero-order chi connectivity index (χ0) is 15.7. The monoisotopic (exact) mass is 367 g/mol. The number of hydrogen-bond acceptors (Lipinski definition) is 5. The van der Waals surface area contributed by atoms with Gasteiger partial charge in [-0.25, -0.2) is 0 Å².